The summed E-state index contributed by atoms with van der Waals surface area (Å²) in [6.07, 6.45) is 4.60. The van der Waals surface area contributed by atoms with Gasteiger partial charge in [-0.05, 0) is 32.1 Å². The molecule has 16 heavy (non-hydrogen) atoms. The topological polar surface area (TPSA) is 29.5 Å². The maximum atomic E-state index is 10.3. The molecule has 98 valence electrons. The number of hydrogen-bond acceptors (Lipinski definition) is 2. The summed E-state index contributed by atoms with van der Waals surface area (Å²) in [6.45, 7) is 11.3. The minimum Gasteiger partial charge on any atom is -0.390 e. The summed E-state index contributed by atoms with van der Waals surface area (Å²) in [7, 11) is 0. The Balaban J connectivity index is 4.20. The van der Waals surface area contributed by atoms with Crippen molar-refractivity contribution >= 4 is 0 Å². The molecule has 0 spiro atoms. The standard InChI is InChI=1S/C14H30O2/c1-6-14(7-2,16-8-3)13(15)11-9-10-12(4)5/h12-13,15H,6-11H2,1-5H3. The first kappa shape index (κ1) is 15.9. The van der Waals surface area contributed by atoms with E-state index in [-0.39, 0.29) is 11.7 Å². The third-order valence-corrected chi connectivity index (χ3v) is 3.50. The van der Waals surface area contributed by atoms with Crippen molar-refractivity contribution in [3.63, 3.8) is 0 Å². The summed E-state index contributed by atoms with van der Waals surface area (Å²) in [5.74, 6) is 0.719. The molecule has 0 saturated carbocycles. The third kappa shape index (κ3) is 4.84. The highest BCUT2D eigenvalue weighted by Gasteiger charge is 2.34. The largest absolute Gasteiger partial charge is 0.390 e. The van der Waals surface area contributed by atoms with Gasteiger partial charge in [0.25, 0.3) is 0 Å². The predicted octanol–water partition coefficient (Wildman–Crippen LogP) is 3.77. The van der Waals surface area contributed by atoms with E-state index in [0.29, 0.717) is 6.61 Å². The van der Waals surface area contributed by atoms with Crippen molar-refractivity contribution in [3.05, 3.63) is 0 Å². The van der Waals surface area contributed by atoms with Crippen molar-refractivity contribution in [1.29, 1.82) is 0 Å². The third-order valence-electron chi connectivity index (χ3n) is 3.50. The number of rotatable bonds is 9. The summed E-state index contributed by atoms with van der Waals surface area (Å²) in [5, 5.41) is 10.3. The van der Waals surface area contributed by atoms with Gasteiger partial charge >= 0.3 is 0 Å². The minimum atomic E-state index is -0.318. The highest BCUT2D eigenvalue weighted by atomic mass is 16.5. The van der Waals surface area contributed by atoms with Crippen LogP contribution in [0.25, 0.3) is 0 Å². The first-order valence-corrected chi connectivity index (χ1v) is 6.84. The van der Waals surface area contributed by atoms with Gasteiger partial charge in [-0.1, -0.05) is 40.5 Å². The van der Waals surface area contributed by atoms with E-state index in [1.165, 1.54) is 6.42 Å². The lowest BCUT2D eigenvalue weighted by Gasteiger charge is -2.36. The molecule has 0 aromatic heterocycles. The van der Waals surface area contributed by atoms with Gasteiger partial charge in [0.15, 0.2) is 0 Å². The lowest BCUT2D eigenvalue weighted by molar-refractivity contribution is -0.127. The van der Waals surface area contributed by atoms with Crippen LogP contribution in [0.15, 0.2) is 0 Å². The quantitative estimate of drug-likeness (QED) is 0.653. The molecule has 1 N–H and O–H groups in total. The molecule has 0 radical (unpaired) electrons. The second kappa shape index (κ2) is 8.08. The van der Waals surface area contributed by atoms with Gasteiger partial charge in [-0.3, -0.25) is 0 Å². The Bertz CT molecular complexity index is 162. The molecule has 0 fully saturated rings. The van der Waals surface area contributed by atoms with Gasteiger partial charge in [-0.15, -0.1) is 0 Å². The fourth-order valence-corrected chi connectivity index (χ4v) is 2.29. The number of ether oxygens (including phenoxy) is 1. The molecule has 0 amide bonds. The van der Waals surface area contributed by atoms with Crippen LogP contribution in [0.2, 0.25) is 0 Å². The van der Waals surface area contributed by atoms with Crippen LogP contribution in [0.5, 0.6) is 0 Å². The predicted molar refractivity (Wildman–Crippen MR) is 69.6 cm³/mol. The average molecular weight is 230 g/mol. The molecule has 1 atom stereocenters. The highest BCUT2D eigenvalue weighted by molar-refractivity contribution is 4.86. The first-order valence-electron chi connectivity index (χ1n) is 6.84. The van der Waals surface area contributed by atoms with Crippen molar-refractivity contribution in [2.45, 2.75) is 78.4 Å². The summed E-state index contributed by atoms with van der Waals surface area (Å²) in [6, 6.07) is 0. The summed E-state index contributed by atoms with van der Waals surface area (Å²) in [5.41, 5.74) is -0.314. The van der Waals surface area contributed by atoms with E-state index in [0.717, 1.165) is 31.6 Å². The van der Waals surface area contributed by atoms with Crippen LogP contribution < -0.4 is 0 Å². The zero-order valence-electron chi connectivity index (χ0n) is 11.8. The van der Waals surface area contributed by atoms with Crippen molar-refractivity contribution < 1.29 is 9.84 Å². The van der Waals surface area contributed by atoms with Gasteiger partial charge in [-0.25, -0.2) is 0 Å². The Morgan fingerprint density at radius 2 is 1.62 bits per heavy atom. The van der Waals surface area contributed by atoms with Gasteiger partial charge in [0.2, 0.25) is 0 Å². The van der Waals surface area contributed by atoms with Crippen LogP contribution >= 0.6 is 0 Å². The molecular weight excluding hydrogens is 200 g/mol. The number of aliphatic hydroxyl groups excluding tert-OH is 1. The first-order chi connectivity index (χ1) is 7.52. The fourth-order valence-electron chi connectivity index (χ4n) is 2.29. The van der Waals surface area contributed by atoms with Crippen LogP contribution in [0.1, 0.15) is 66.7 Å². The van der Waals surface area contributed by atoms with Crippen molar-refractivity contribution in [1.82, 2.24) is 0 Å². The van der Waals surface area contributed by atoms with Gasteiger partial charge in [0.1, 0.15) is 0 Å². The molecule has 0 saturated heterocycles. The molecule has 0 aliphatic rings. The molecule has 0 bridgehead atoms. The van der Waals surface area contributed by atoms with E-state index >= 15 is 0 Å². The molecule has 0 aromatic carbocycles. The van der Waals surface area contributed by atoms with E-state index in [4.69, 9.17) is 4.74 Å². The summed E-state index contributed by atoms with van der Waals surface area (Å²) in [4.78, 5) is 0. The molecule has 0 aliphatic heterocycles. The zero-order chi connectivity index (χ0) is 12.6. The fraction of sp³-hybridized carbons (Fsp3) is 1.00. The Morgan fingerprint density at radius 1 is 1.06 bits per heavy atom. The van der Waals surface area contributed by atoms with Crippen LogP contribution in [0, 0.1) is 5.92 Å². The number of aliphatic hydroxyl groups is 1. The Labute approximate surface area is 101 Å². The second-order valence-electron chi connectivity index (χ2n) is 5.05. The average Bonchev–Trinajstić information content (AvgIpc) is 2.25. The van der Waals surface area contributed by atoms with Crippen LogP contribution in [-0.2, 0) is 4.74 Å². The van der Waals surface area contributed by atoms with E-state index in [2.05, 4.69) is 27.7 Å². The molecule has 2 heteroatoms. The lowest BCUT2D eigenvalue weighted by Crippen LogP contribution is -2.44. The zero-order valence-corrected chi connectivity index (χ0v) is 11.8. The normalized spacial score (nSPS) is 14.4. The SMILES string of the molecule is CCOC(CC)(CC)C(O)CCCC(C)C. The Kier molecular flexibility index (Phi) is 8.04. The van der Waals surface area contributed by atoms with E-state index in [1.807, 2.05) is 6.92 Å². The second-order valence-corrected chi connectivity index (χ2v) is 5.05. The molecule has 0 aromatic rings. The van der Waals surface area contributed by atoms with Crippen LogP contribution in [-0.4, -0.2) is 23.4 Å². The maximum absolute atomic E-state index is 10.3. The van der Waals surface area contributed by atoms with E-state index < -0.39 is 0 Å². The molecule has 0 rings (SSSR count). The Hall–Kier alpha value is -0.0800. The van der Waals surface area contributed by atoms with E-state index in [9.17, 15) is 5.11 Å². The molecular formula is C14H30O2. The minimum absolute atomic E-state index is 0.314. The van der Waals surface area contributed by atoms with Crippen LogP contribution in [0.3, 0.4) is 0 Å². The van der Waals surface area contributed by atoms with Crippen molar-refractivity contribution in [2.75, 3.05) is 6.61 Å². The van der Waals surface area contributed by atoms with Crippen molar-refractivity contribution in [3.8, 4) is 0 Å². The highest BCUT2D eigenvalue weighted by Crippen LogP contribution is 2.28. The van der Waals surface area contributed by atoms with Gasteiger partial charge in [0, 0.05) is 6.61 Å². The van der Waals surface area contributed by atoms with Gasteiger partial charge in [0.05, 0.1) is 11.7 Å². The maximum Gasteiger partial charge on any atom is 0.0934 e. The number of hydrogen-bond donors (Lipinski definition) is 1. The monoisotopic (exact) mass is 230 g/mol. The molecule has 0 heterocycles. The lowest BCUT2D eigenvalue weighted by atomic mass is 9.86. The molecule has 1 unspecified atom stereocenters. The molecule has 0 aliphatic carbocycles. The molecule has 2 nitrogen and oxygen atoms in total. The Morgan fingerprint density at radius 3 is 2.00 bits per heavy atom. The summed E-state index contributed by atoms with van der Waals surface area (Å²) < 4.78 is 5.80. The summed E-state index contributed by atoms with van der Waals surface area (Å²) >= 11 is 0. The van der Waals surface area contributed by atoms with Crippen molar-refractivity contribution in [2.24, 2.45) is 5.92 Å². The van der Waals surface area contributed by atoms with E-state index in [1.54, 1.807) is 0 Å². The van der Waals surface area contributed by atoms with Crippen LogP contribution in [0.4, 0.5) is 0 Å². The van der Waals surface area contributed by atoms with Gasteiger partial charge < -0.3 is 9.84 Å². The smallest absolute Gasteiger partial charge is 0.0934 e. The van der Waals surface area contributed by atoms with Gasteiger partial charge in [-0.2, -0.15) is 0 Å².